The van der Waals surface area contributed by atoms with Crippen molar-refractivity contribution >= 4 is 18.0 Å². The van der Waals surface area contributed by atoms with Gasteiger partial charge in [-0.05, 0) is 0 Å². The Hall–Kier alpha value is -1.87. The van der Waals surface area contributed by atoms with Crippen LogP contribution < -0.4 is 10.6 Å². The van der Waals surface area contributed by atoms with Gasteiger partial charge in [0.15, 0.2) is 0 Å². The van der Waals surface area contributed by atoms with Crippen molar-refractivity contribution in [3.8, 4) is 0 Å². The number of carbonyl (C=O) groups is 3. The second kappa shape index (κ2) is 9.11. The summed E-state index contributed by atoms with van der Waals surface area (Å²) in [5.41, 5.74) is 0. The van der Waals surface area contributed by atoms with Crippen molar-refractivity contribution in [1.29, 1.82) is 0 Å². The van der Waals surface area contributed by atoms with Crippen LogP contribution in [0.3, 0.4) is 0 Å². The largest absolute Gasteiger partial charge is 0.481 e. The number of amides is 2. The molecule has 0 rings (SSSR count). The van der Waals surface area contributed by atoms with E-state index in [-0.39, 0.29) is 19.3 Å². The third-order valence-electron chi connectivity index (χ3n) is 2.16. The number of carboxylic acid groups (broad SMARTS) is 2. The summed E-state index contributed by atoms with van der Waals surface area (Å²) in [4.78, 5) is 32.5. The Bertz CT molecular complexity index is 321. The lowest BCUT2D eigenvalue weighted by molar-refractivity contribution is -0.145. The first-order chi connectivity index (χ1) is 8.90. The standard InChI is InChI=1S/C10H18N2O7/c1-18-5-6(19-2)4-11-10(17)12-7(9(15)16)3-8(13)14/h6-7H,3-5H2,1-2H3,(H,13,14)(H,15,16)(H2,11,12,17). The molecule has 0 heterocycles. The van der Waals surface area contributed by atoms with Gasteiger partial charge in [0.1, 0.15) is 6.04 Å². The molecular weight excluding hydrogens is 260 g/mol. The fraction of sp³-hybridized carbons (Fsp3) is 0.700. The van der Waals surface area contributed by atoms with Gasteiger partial charge in [0, 0.05) is 20.8 Å². The monoisotopic (exact) mass is 278 g/mol. The van der Waals surface area contributed by atoms with E-state index < -0.39 is 30.4 Å². The maximum Gasteiger partial charge on any atom is 0.326 e. The number of ether oxygens (including phenoxy) is 2. The van der Waals surface area contributed by atoms with Crippen LogP contribution in [0.5, 0.6) is 0 Å². The normalized spacial score (nSPS) is 13.4. The minimum Gasteiger partial charge on any atom is -0.481 e. The minimum atomic E-state index is -1.49. The average molecular weight is 278 g/mol. The number of rotatable bonds is 9. The SMILES string of the molecule is COCC(CNC(=O)NC(CC(=O)O)C(=O)O)OC. The van der Waals surface area contributed by atoms with Gasteiger partial charge in [0.2, 0.25) is 0 Å². The highest BCUT2D eigenvalue weighted by Gasteiger charge is 2.23. The third kappa shape index (κ3) is 7.95. The summed E-state index contributed by atoms with van der Waals surface area (Å²) in [5, 5.41) is 21.6. The van der Waals surface area contributed by atoms with Crippen LogP contribution in [0.1, 0.15) is 6.42 Å². The van der Waals surface area contributed by atoms with Gasteiger partial charge in [0.25, 0.3) is 0 Å². The van der Waals surface area contributed by atoms with Crippen LogP contribution in [0.2, 0.25) is 0 Å². The highest BCUT2D eigenvalue weighted by Crippen LogP contribution is 1.93. The Balaban J connectivity index is 4.19. The molecule has 0 spiro atoms. The van der Waals surface area contributed by atoms with E-state index in [0.717, 1.165) is 0 Å². The minimum absolute atomic E-state index is 0.107. The average Bonchev–Trinajstić information content (AvgIpc) is 2.32. The first kappa shape index (κ1) is 17.1. The Labute approximate surface area is 109 Å². The molecule has 9 nitrogen and oxygen atoms in total. The van der Waals surface area contributed by atoms with Crippen LogP contribution in [-0.2, 0) is 19.1 Å². The summed E-state index contributed by atoms with van der Waals surface area (Å²) < 4.78 is 9.81. The molecule has 0 saturated heterocycles. The Kier molecular flexibility index (Phi) is 8.22. The fourth-order valence-electron chi connectivity index (χ4n) is 1.19. The highest BCUT2D eigenvalue weighted by molar-refractivity contribution is 5.86. The molecule has 9 heteroatoms. The van der Waals surface area contributed by atoms with Gasteiger partial charge in [-0.2, -0.15) is 0 Å². The van der Waals surface area contributed by atoms with Gasteiger partial charge in [-0.1, -0.05) is 0 Å². The summed E-state index contributed by atoms with van der Waals surface area (Å²) in [5.74, 6) is -2.74. The van der Waals surface area contributed by atoms with E-state index in [0.29, 0.717) is 0 Å². The van der Waals surface area contributed by atoms with Crippen molar-refractivity contribution in [3.63, 3.8) is 0 Å². The van der Waals surface area contributed by atoms with Crippen molar-refractivity contribution in [3.05, 3.63) is 0 Å². The number of methoxy groups -OCH3 is 2. The second-order valence-corrected chi connectivity index (χ2v) is 3.66. The second-order valence-electron chi connectivity index (χ2n) is 3.66. The molecular formula is C10H18N2O7. The molecule has 2 atom stereocenters. The van der Waals surface area contributed by atoms with E-state index in [9.17, 15) is 14.4 Å². The van der Waals surface area contributed by atoms with Crippen molar-refractivity contribution in [2.24, 2.45) is 0 Å². The van der Waals surface area contributed by atoms with Crippen molar-refractivity contribution in [2.75, 3.05) is 27.4 Å². The molecule has 0 aromatic heterocycles. The van der Waals surface area contributed by atoms with Crippen LogP contribution in [0.15, 0.2) is 0 Å². The van der Waals surface area contributed by atoms with Gasteiger partial charge in [0.05, 0.1) is 19.1 Å². The molecule has 0 bridgehead atoms. The predicted octanol–water partition coefficient (Wildman–Crippen LogP) is -1.13. The zero-order chi connectivity index (χ0) is 14.8. The third-order valence-corrected chi connectivity index (χ3v) is 2.16. The summed E-state index contributed by atoms with van der Waals surface area (Å²) in [7, 11) is 2.91. The van der Waals surface area contributed by atoms with E-state index >= 15 is 0 Å². The van der Waals surface area contributed by atoms with Crippen molar-refractivity contribution in [1.82, 2.24) is 10.6 Å². The molecule has 4 N–H and O–H groups in total. The van der Waals surface area contributed by atoms with Crippen LogP contribution in [0, 0.1) is 0 Å². The van der Waals surface area contributed by atoms with E-state index in [1.165, 1.54) is 14.2 Å². The lowest BCUT2D eigenvalue weighted by atomic mass is 10.2. The molecule has 2 unspecified atom stereocenters. The van der Waals surface area contributed by atoms with Crippen LogP contribution in [-0.4, -0.2) is 67.7 Å². The Morgan fingerprint density at radius 3 is 2.26 bits per heavy atom. The fourth-order valence-corrected chi connectivity index (χ4v) is 1.19. The van der Waals surface area contributed by atoms with E-state index in [1.807, 2.05) is 5.32 Å². The Morgan fingerprint density at radius 2 is 1.84 bits per heavy atom. The summed E-state index contributed by atoms with van der Waals surface area (Å²) in [6, 6.07) is -2.27. The van der Waals surface area contributed by atoms with Gasteiger partial charge in [-0.3, -0.25) is 4.79 Å². The molecule has 0 radical (unpaired) electrons. The topological polar surface area (TPSA) is 134 Å². The number of carboxylic acids is 2. The smallest absolute Gasteiger partial charge is 0.326 e. The van der Waals surface area contributed by atoms with E-state index in [4.69, 9.17) is 19.7 Å². The number of aliphatic carboxylic acids is 2. The maximum absolute atomic E-state index is 11.4. The number of nitrogens with one attached hydrogen (secondary N) is 2. The Morgan fingerprint density at radius 1 is 1.21 bits per heavy atom. The quantitative estimate of drug-likeness (QED) is 0.419. The zero-order valence-electron chi connectivity index (χ0n) is 10.7. The molecule has 0 saturated carbocycles. The predicted molar refractivity (Wildman–Crippen MR) is 62.9 cm³/mol. The molecule has 0 aromatic rings. The molecule has 0 aromatic carbocycles. The molecule has 2 amide bonds. The highest BCUT2D eigenvalue weighted by atomic mass is 16.5. The van der Waals surface area contributed by atoms with E-state index in [1.54, 1.807) is 0 Å². The molecule has 0 fully saturated rings. The molecule has 0 aliphatic rings. The van der Waals surface area contributed by atoms with Crippen LogP contribution in [0.25, 0.3) is 0 Å². The first-order valence-electron chi connectivity index (χ1n) is 5.41. The summed E-state index contributed by atoms with van der Waals surface area (Å²) in [6.07, 6.45) is -1.08. The lowest BCUT2D eigenvalue weighted by Gasteiger charge is -2.17. The molecule has 19 heavy (non-hydrogen) atoms. The van der Waals surface area contributed by atoms with E-state index in [2.05, 4.69) is 5.32 Å². The molecule has 0 aliphatic carbocycles. The summed E-state index contributed by atoms with van der Waals surface area (Å²) >= 11 is 0. The van der Waals surface area contributed by atoms with Gasteiger partial charge in [-0.15, -0.1) is 0 Å². The number of carbonyl (C=O) groups excluding carboxylic acids is 1. The van der Waals surface area contributed by atoms with Crippen molar-refractivity contribution < 1.29 is 34.1 Å². The number of hydrogen-bond donors (Lipinski definition) is 4. The van der Waals surface area contributed by atoms with Crippen molar-refractivity contribution in [2.45, 2.75) is 18.6 Å². The van der Waals surface area contributed by atoms with Crippen LogP contribution >= 0.6 is 0 Å². The zero-order valence-corrected chi connectivity index (χ0v) is 10.7. The van der Waals surface area contributed by atoms with Crippen LogP contribution in [0.4, 0.5) is 4.79 Å². The lowest BCUT2D eigenvalue weighted by Crippen LogP contribution is -2.49. The van der Waals surface area contributed by atoms with Gasteiger partial charge < -0.3 is 30.3 Å². The number of urea groups is 1. The maximum atomic E-state index is 11.4. The van der Waals surface area contributed by atoms with Gasteiger partial charge in [-0.25, -0.2) is 9.59 Å². The summed E-state index contributed by atoms with van der Waals surface area (Å²) in [6.45, 7) is 0.365. The first-order valence-corrected chi connectivity index (χ1v) is 5.41. The molecule has 0 aliphatic heterocycles. The number of hydrogen-bond acceptors (Lipinski definition) is 5. The molecule has 110 valence electrons. The van der Waals surface area contributed by atoms with Gasteiger partial charge >= 0.3 is 18.0 Å².